The second kappa shape index (κ2) is 24.5. The van der Waals surface area contributed by atoms with Crippen LogP contribution in [0.5, 0.6) is 69.0 Å². The molecular weight excluding hydrogens is 945 g/mol. The normalized spacial score (nSPS) is 22.7. The van der Waals surface area contributed by atoms with Gasteiger partial charge in [0.1, 0.15) is 24.4 Å². The molecule has 72 heavy (non-hydrogen) atoms. The van der Waals surface area contributed by atoms with Crippen molar-refractivity contribution in [3.05, 3.63) is 70.8 Å². The quantitative estimate of drug-likeness (QED) is 0.0800. The molecular formula is C52H64O20. The van der Waals surface area contributed by atoms with Crippen molar-refractivity contribution in [3.8, 4) is 69.0 Å². The lowest BCUT2D eigenvalue weighted by atomic mass is 9.92. The topological polar surface area (TPSA) is 260 Å². The van der Waals surface area contributed by atoms with E-state index in [1.54, 1.807) is 48.5 Å². The van der Waals surface area contributed by atoms with Crippen LogP contribution in [0.4, 0.5) is 0 Å². The van der Waals surface area contributed by atoms with Gasteiger partial charge < -0.3 is 77.3 Å². The molecule has 4 aromatic rings. The first kappa shape index (κ1) is 55.3. The van der Waals surface area contributed by atoms with E-state index in [0.29, 0.717) is 71.7 Å². The van der Waals surface area contributed by atoms with Gasteiger partial charge in [-0.05, 0) is 98.5 Å². The maximum absolute atomic E-state index is 11.3. The maximum Gasteiger partial charge on any atom is 0.306 e. The van der Waals surface area contributed by atoms with Crippen LogP contribution in [0.25, 0.3) is 0 Å². The van der Waals surface area contributed by atoms with Crippen molar-refractivity contribution >= 4 is 23.9 Å². The third-order valence-corrected chi connectivity index (χ3v) is 12.8. The van der Waals surface area contributed by atoms with E-state index in [1.807, 2.05) is 27.7 Å². The van der Waals surface area contributed by atoms with Crippen LogP contribution in [0.15, 0.2) is 48.5 Å². The van der Waals surface area contributed by atoms with E-state index in [1.165, 1.54) is 56.9 Å². The Hall–Kier alpha value is -7.64. The Labute approximate surface area is 417 Å². The third kappa shape index (κ3) is 12.6. The lowest BCUT2D eigenvalue weighted by Crippen LogP contribution is -2.09. The minimum Gasteiger partial charge on any atom is -0.502 e. The summed E-state index contributed by atoms with van der Waals surface area (Å²) < 4.78 is 61.2. The summed E-state index contributed by atoms with van der Waals surface area (Å²) in [4.78, 5) is 45.1. The van der Waals surface area contributed by atoms with E-state index in [-0.39, 0.29) is 95.0 Å². The van der Waals surface area contributed by atoms with E-state index in [9.17, 15) is 39.6 Å². The molecule has 4 N–H and O–H groups in total. The second-order valence-electron chi connectivity index (χ2n) is 17.1. The van der Waals surface area contributed by atoms with Crippen LogP contribution in [0.2, 0.25) is 0 Å². The summed E-state index contributed by atoms with van der Waals surface area (Å²) in [5, 5.41) is 39.3. The number of esters is 4. The Morgan fingerprint density at radius 1 is 0.319 bits per heavy atom. The van der Waals surface area contributed by atoms with Crippen molar-refractivity contribution in [2.45, 2.75) is 101 Å². The van der Waals surface area contributed by atoms with Gasteiger partial charge in [0.05, 0.1) is 82.6 Å². The van der Waals surface area contributed by atoms with Crippen LogP contribution in [0, 0.1) is 0 Å². The van der Waals surface area contributed by atoms with Crippen molar-refractivity contribution < 1.29 is 96.4 Å². The molecule has 4 aliphatic rings. The molecule has 8 atom stereocenters. The standard InChI is InChI=1S/4C13H16O5/c4*1-7-9(6-12(14)18-7)8-4-10(16-2)13(15)11(5-8)17-3/h4*4-5,7,9,15H,6H2,1-3H3/t4*7-,9+/m1111/s1. The highest BCUT2D eigenvalue weighted by molar-refractivity contribution is 5.75. The molecule has 4 saturated heterocycles. The Kier molecular flexibility index (Phi) is 18.8. The van der Waals surface area contributed by atoms with Gasteiger partial charge in [0.2, 0.25) is 23.0 Å². The summed E-state index contributed by atoms with van der Waals surface area (Å²) in [6.07, 6.45) is 0.591. The number of aromatic hydroxyl groups is 4. The SMILES string of the molecule is COc1cc([C@H]2CC(=O)O[C@@H]2C)cc(OC)c1O.COc1cc([C@H]2CC(=O)O[C@@H]2C)cc(OC)c1O.COc1cc([C@H]2CC(=O)O[C@@H]2C)cc(OC)c1O.COc1cc([C@H]2CC(=O)O[C@@H]2C)cc(OC)c1O. The fourth-order valence-corrected chi connectivity index (χ4v) is 8.80. The van der Waals surface area contributed by atoms with Gasteiger partial charge in [0.25, 0.3) is 0 Å². The molecule has 4 aromatic carbocycles. The van der Waals surface area contributed by atoms with E-state index < -0.39 is 0 Å². The van der Waals surface area contributed by atoms with Crippen LogP contribution in [0.3, 0.4) is 0 Å². The van der Waals surface area contributed by atoms with Gasteiger partial charge in [0.15, 0.2) is 46.0 Å². The summed E-state index contributed by atoms with van der Waals surface area (Å²) in [6, 6.07) is 13.7. The van der Waals surface area contributed by atoms with E-state index >= 15 is 0 Å². The highest BCUT2D eigenvalue weighted by Crippen LogP contribution is 2.46. The average molecular weight is 1010 g/mol. The molecule has 0 amide bonds. The van der Waals surface area contributed by atoms with E-state index in [0.717, 1.165) is 22.3 Å². The number of ether oxygens (including phenoxy) is 12. The number of hydrogen-bond acceptors (Lipinski definition) is 20. The number of phenols is 4. The molecule has 20 nitrogen and oxygen atoms in total. The molecule has 0 aromatic heterocycles. The molecule has 4 heterocycles. The number of hydrogen-bond donors (Lipinski definition) is 4. The lowest BCUT2D eigenvalue weighted by Gasteiger charge is -2.16. The van der Waals surface area contributed by atoms with Crippen LogP contribution in [-0.4, -0.2) is 126 Å². The molecule has 0 aliphatic carbocycles. The molecule has 0 unspecified atom stereocenters. The molecule has 4 fully saturated rings. The molecule has 20 heteroatoms. The van der Waals surface area contributed by atoms with Crippen molar-refractivity contribution in [2.24, 2.45) is 0 Å². The maximum atomic E-state index is 11.3. The molecule has 8 rings (SSSR count). The van der Waals surface area contributed by atoms with Crippen molar-refractivity contribution in [2.75, 3.05) is 56.9 Å². The van der Waals surface area contributed by atoms with Crippen LogP contribution in [0.1, 0.15) is 99.3 Å². The number of carbonyl (C=O) groups excluding carboxylic acids is 4. The predicted octanol–water partition coefficient (Wildman–Crippen LogP) is 7.31. The van der Waals surface area contributed by atoms with Crippen molar-refractivity contribution in [1.29, 1.82) is 0 Å². The van der Waals surface area contributed by atoms with Gasteiger partial charge >= 0.3 is 23.9 Å². The molecule has 0 radical (unpaired) electrons. The fraction of sp³-hybridized carbons (Fsp3) is 0.462. The summed E-state index contributed by atoms with van der Waals surface area (Å²) in [6.45, 7) is 7.39. The summed E-state index contributed by atoms with van der Waals surface area (Å²) in [5.74, 6) is 1.47. The van der Waals surface area contributed by atoms with Crippen LogP contribution >= 0.6 is 0 Å². The summed E-state index contributed by atoms with van der Waals surface area (Å²) in [5.41, 5.74) is 3.44. The van der Waals surface area contributed by atoms with Gasteiger partial charge in [0, 0.05) is 23.7 Å². The zero-order valence-corrected chi connectivity index (χ0v) is 42.4. The monoisotopic (exact) mass is 1010 g/mol. The van der Waals surface area contributed by atoms with Crippen molar-refractivity contribution in [3.63, 3.8) is 0 Å². The first-order valence-corrected chi connectivity index (χ1v) is 22.8. The van der Waals surface area contributed by atoms with Gasteiger partial charge in [-0.2, -0.15) is 0 Å². The first-order chi connectivity index (χ1) is 34.2. The van der Waals surface area contributed by atoms with Gasteiger partial charge in [-0.1, -0.05) is 0 Å². The molecule has 0 spiro atoms. The fourth-order valence-electron chi connectivity index (χ4n) is 8.80. The van der Waals surface area contributed by atoms with E-state index in [2.05, 4.69) is 0 Å². The number of methoxy groups -OCH3 is 8. The average Bonchev–Trinajstić information content (AvgIpc) is 4.11. The smallest absolute Gasteiger partial charge is 0.306 e. The van der Waals surface area contributed by atoms with Crippen molar-refractivity contribution in [1.82, 2.24) is 0 Å². The molecule has 0 saturated carbocycles. The largest absolute Gasteiger partial charge is 0.502 e. The third-order valence-electron chi connectivity index (χ3n) is 12.8. The van der Waals surface area contributed by atoms with Gasteiger partial charge in [-0.3, -0.25) is 19.2 Å². The number of cyclic esters (lactones) is 4. The first-order valence-electron chi connectivity index (χ1n) is 22.8. The van der Waals surface area contributed by atoms with Gasteiger partial charge in [-0.15, -0.1) is 0 Å². The summed E-state index contributed by atoms with van der Waals surface area (Å²) >= 11 is 0. The van der Waals surface area contributed by atoms with Crippen LogP contribution < -0.4 is 37.9 Å². The Balaban J connectivity index is 0.000000178. The highest BCUT2D eigenvalue weighted by Gasteiger charge is 2.37. The van der Waals surface area contributed by atoms with Gasteiger partial charge in [-0.25, -0.2) is 0 Å². The lowest BCUT2D eigenvalue weighted by molar-refractivity contribution is -0.141. The Bertz CT molecular complexity index is 2120. The molecule has 0 bridgehead atoms. The molecule has 4 aliphatic heterocycles. The zero-order chi connectivity index (χ0) is 53.1. The number of phenolic OH excluding ortho intramolecular Hbond substituents is 4. The molecule has 392 valence electrons. The minimum atomic E-state index is -0.210. The zero-order valence-electron chi connectivity index (χ0n) is 42.4. The number of benzene rings is 4. The Morgan fingerprint density at radius 3 is 0.556 bits per heavy atom. The number of carbonyl (C=O) groups is 4. The second-order valence-corrected chi connectivity index (χ2v) is 17.1. The van der Waals surface area contributed by atoms with Crippen LogP contribution in [-0.2, 0) is 38.1 Å². The Morgan fingerprint density at radius 2 is 0.458 bits per heavy atom. The van der Waals surface area contributed by atoms with E-state index in [4.69, 9.17) is 56.8 Å². The highest BCUT2D eigenvalue weighted by atomic mass is 16.6. The number of rotatable bonds is 12. The minimum absolute atomic E-state index is 0.0401. The summed E-state index contributed by atoms with van der Waals surface area (Å²) in [7, 11) is 11.8. The predicted molar refractivity (Wildman–Crippen MR) is 256 cm³/mol.